The fourth-order valence-corrected chi connectivity index (χ4v) is 1.44. The van der Waals surface area contributed by atoms with E-state index >= 15 is 0 Å². The predicted molar refractivity (Wildman–Crippen MR) is 62.2 cm³/mol. The maximum atomic E-state index is 12.8. The summed E-state index contributed by atoms with van der Waals surface area (Å²) in [5, 5.41) is 12.3. The van der Waals surface area contributed by atoms with Crippen molar-refractivity contribution in [1.29, 1.82) is 0 Å². The van der Waals surface area contributed by atoms with E-state index in [2.05, 4.69) is 0 Å². The zero-order chi connectivity index (χ0) is 15.7. The molecule has 0 bridgehead atoms. The van der Waals surface area contributed by atoms with Crippen molar-refractivity contribution in [3.05, 3.63) is 33.4 Å². The van der Waals surface area contributed by atoms with Crippen LogP contribution < -0.4 is 5.32 Å². The second-order valence-electron chi connectivity index (χ2n) is 4.09. The van der Waals surface area contributed by atoms with Crippen molar-refractivity contribution >= 4 is 17.3 Å². The second kappa shape index (κ2) is 5.43. The van der Waals surface area contributed by atoms with Gasteiger partial charge >= 0.3 is 18.3 Å². The van der Waals surface area contributed by atoms with Crippen molar-refractivity contribution < 1.29 is 27.3 Å². The Morgan fingerprint density at radius 2 is 1.85 bits per heavy atom. The topological polar surface area (TPSA) is 72.2 Å². The molecule has 0 aliphatic rings. The van der Waals surface area contributed by atoms with E-state index in [9.17, 15) is 32.5 Å². The predicted octanol–water partition coefficient (Wildman–Crippen LogP) is 3.05. The van der Waals surface area contributed by atoms with Gasteiger partial charge in [0.25, 0.3) is 5.69 Å². The molecule has 0 saturated heterocycles. The number of benzene rings is 1. The van der Waals surface area contributed by atoms with Gasteiger partial charge in [-0.15, -0.1) is 0 Å². The van der Waals surface area contributed by atoms with E-state index in [1.54, 1.807) is 5.32 Å². The first-order chi connectivity index (χ1) is 9.07. The van der Waals surface area contributed by atoms with Crippen molar-refractivity contribution in [3.8, 4) is 0 Å². The molecule has 1 aromatic carbocycles. The lowest BCUT2D eigenvalue weighted by molar-refractivity contribution is -0.385. The number of anilines is 1. The van der Waals surface area contributed by atoms with E-state index in [1.807, 2.05) is 0 Å². The van der Waals surface area contributed by atoms with Gasteiger partial charge < -0.3 is 5.32 Å². The minimum absolute atomic E-state index is 0.108. The molecule has 0 atom stereocenters. The molecule has 1 aromatic rings. The molecule has 1 amide bonds. The molecule has 5 nitrogen and oxygen atoms in total. The molecule has 0 heterocycles. The number of carbonyl (C=O) groups excluding carboxylic acids is 1. The summed E-state index contributed by atoms with van der Waals surface area (Å²) in [6.07, 6.45) is -4.14. The van der Waals surface area contributed by atoms with Crippen molar-refractivity contribution in [2.45, 2.75) is 26.2 Å². The lowest BCUT2D eigenvalue weighted by atomic mass is 10.1. The minimum Gasteiger partial charge on any atom is -0.320 e. The SMILES string of the molecule is Cc1cc([N+](=O)[O-])c(C)cc1NC(=O)C(F)(F)C(F)F. The smallest absolute Gasteiger partial charge is 0.320 e. The van der Waals surface area contributed by atoms with Gasteiger partial charge in [-0.25, -0.2) is 8.78 Å². The number of hydrogen-bond acceptors (Lipinski definition) is 3. The Hall–Kier alpha value is -2.19. The Labute approximate surface area is 110 Å². The molecule has 110 valence electrons. The van der Waals surface area contributed by atoms with Crippen molar-refractivity contribution in [3.63, 3.8) is 0 Å². The molecule has 0 aliphatic heterocycles. The summed E-state index contributed by atoms with van der Waals surface area (Å²) < 4.78 is 49.6. The van der Waals surface area contributed by atoms with Crippen LogP contribution >= 0.6 is 0 Å². The normalized spacial score (nSPS) is 11.6. The fraction of sp³-hybridized carbons (Fsp3) is 0.364. The molecule has 9 heteroatoms. The van der Waals surface area contributed by atoms with Crippen LogP contribution in [0.1, 0.15) is 11.1 Å². The Bertz CT molecular complexity index is 561. The summed E-state index contributed by atoms with van der Waals surface area (Å²) in [5.74, 6) is -6.99. The van der Waals surface area contributed by atoms with Gasteiger partial charge in [0.2, 0.25) is 0 Å². The molecule has 0 aliphatic carbocycles. The number of nitrogens with zero attached hydrogens (tertiary/aromatic N) is 1. The van der Waals surface area contributed by atoms with Crippen LogP contribution in [0.15, 0.2) is 12.1 Å². The van der Waals surface area contributed by atoms with Crippen molar-refractivity contribution in [2.24, 2.45) is 0 Å². The zero-order valence-corrected chi connectivity index (χ0v) is 10.4. The van der Waals surface area contributed by atoms with Crippen LogP contribution in [-0.2, 0) is 4.79 Å². The molecule has 1 N–H and O–H groups in total. The Kier molecular flexibility index (Phi) is 4.31. The largest absolute Gasteiger partial charge is 0.383 e. The molecule has 0 fully saturated rings. The highest BCUT2D eigenvalue weighted by Crippen LogP contribution is 2.29. The Balaban J connectivity index is 3.09. The van der Waals surface area contributed by atoms with E-state index in [4.69, 9.17) is 0 Å². The maximum absolute atomic E-state index is 12.8. The van der Waals surface area contributed by atoms with E-state index in [1.165, 1.54) is 13.8 Å². The molecular weight excluding hydrogens is 284 g/mol. The third-order valence-corrected chi connectivity index (χ3v) is 2.56. The van der Waals surface area contributed by atoms with E-state index in [0.29, 0.717) is 0 Å². The van der Waals surface area contributed by atoms with Gasteiger partial charge in [0.05, 0.1) is 4.92 Å². The Morgan fingerprint density at radius 3 is 2.30 bits per heavy atom. The highest BCUT2D eigenvalue weighted by atomic mass is 19.3. The van der Waals surface area contributed by atoms with Crippen LogP contribution in [0, 0.1) is 24.0 Å². The lowest BCUT2D eigenvalue weighted by Gasteiger charge is -2.16. The number of amides is 1. The number of nitro benzene ring substituents is 1. The molecule has 0 radical (unpaired) electrons. The fourth-order valence-electron chi connectivity index (χ4n) is 1.44. The summed E-state index contributed by atoms with van der Waals surface area (Å²) in [6, 6.07) is 2.14. The van der Waals surface area contributed by atoms with Gasteiger partial charge in [0.15, 0.2) is 0 Å². The summed E-state index contributed by atoms with van der Waals surface area (Å²) in [6.45, 7) is 2.65. The zero-order valence-electron chi connectivity index (χ0n) is 10.4. The van der Waals surface area contributed by atoms with Gasteiger partial charge in [-0.3, -0.25) is 14.9 Å². The third-order valence-electron chi connectivity index (χ3n) is 2.56. The van der Waals surface area contributed by atoms with E-state index in [0.717, 1.165) is 12.1 Å². The van der Waals surface area contributed by atoms with E-state index < -0.39 is 23.2 Å². The second-order valence-corrected chi connectivity index (χ2v) is 4.09. The van der Waals surface area contributed by atoms with Crippen molar-refractivity contribution in [1.82, 2.24) is 0 Å². The first-order valence-electron chi connectivity index (χ1n) is 5.30. The van der Waals surface area contributed by atoms with Crippen LogP contribution in [0.2, 0.25) is 0 Å². The number of hydrogen-bond donors (Lipinski definition) is 1. The van der Waals surface area contributed by atoms with E-state index in [-0.39, 0.29) is 22.5 Å². The van der Waals surface area contributed by atoms with Crippen LogP contribution in [0.5, 0.6) is 0 Å². The van der Waals surface area contributed by atoms with Gasteiger partial charge in [0, 0.05) is 17.3 Å². The Morgan fingerprint density at radius 1 is 1.30 bits per heavy atom. The molecule has 0 saturated carbocycles. The summed E-state index contributed by atoms with van der Waals surface area (Å²) in [7, 11) is 0. The summed E-state index contributed by atoms with van der Waals surface area (Å²) >= 11 is 0. The van der Waals surface area contributed by atoms with Crippen LogP contribution in [-0.4, -0.2) is 23.2 Å². The standard InChI is InChI=1S/C11H10F4N2O3/c1-5-4-8(17(19)20)6(2)3-7(5)16-10(18)11(14,15)9(12)13/h3-4,9H,1-2H3,(H,16,18). The average Bonchev–Trinajstić information content (AvgIpc) is 2.32. The average molecular weight is 294 g/mol. The molecule has 1 rings (SSSR count). The molecule has 0 spiro atoms. The molecular formula is C11H10F4N2O3. The monoisotopic (exact) mass is 294 g/mol. The first-order valence-corrected chi connectivity index (χ1v) is 5.30. The van der Waals surface area contributed by atoms with Gasteiger partial charge in [0.1, 0.15) is 0 Å². The number of rotatable bonds is 4. The van der Waals surface area contributed by atoms with Crippen LogP contribution in [0.4, 0.5) is 28.9 Å². The van der Waals surface area contributed by atoms with Gasteiger partial charge in [-0.1, -0.05) is 0 Å². The van der Waals surface area contributed by atoms with Gasteiger partial charge in [-0.05, 0) is 25.5 Å². The number of aryl methyl sites for hydroxylation is 2. The quantitative estimate of drug-likeness (QED) is 0.527. The maximum Gasteiger partial charge on any atom is 0.383 e. The lowest BCUT2D eigenvalue weighted by Crippen LogP contribution is -2.41. The molecule has 0 aromatic heterocycles. The molecule has 20 heavy (non-hydrogen) atoms. The summed E-state index contributed by atoms with van der Waals surface area (Å²) in [5.41, 5.74) is -0.225. The molecule has 0 unspecified atom stereocenters. The van der Waals surface area contributed by atoms with Crippen molar-refractivity contribution in [2.75, 3.05) is 5.32 Å². The number of alkyl halides is 4. The van der Waals surface area contributed by atoms with Crippen LogP contribution in [0.3, 0.4) is 0 Å². The van der Waals surface area contributed by atoms with Gasteiger partial charge in [-0.2, -0.15) is 8.78 Å². The minimum atomic E-state index is -4.83. The van der Waals surface area contributed by atoms with Crippen LogP contribution in [0.25, 0.3) is 0 Å². The number of nitro groups is 1. The summed E-state index contributed by atoms with van der Waals surface area (Å²) in [4.78, 5) is 21.1. The highest BCUT2D eigenvalue weighted by Gasteiger charge is 2.49. The number of nitrogens with one attached hydrogen (secondary N) is 1. The first kappa shape index (κ1) is 15.9. The third kappa shape index (κ3) is 3.03. The number of halogens is 4. The highest BCUT2D eigenvalue weighted by molar-refractivity contribution is 5.97. The number of carbonyl (C=O) groups is 1.